The average Bonchev–Trinajstić information content (AvgIpc) is 2.62. The number of nitrogens with zero attached hydrogens (tertiary/aromatic N) is 2. The molecule has 1 aromatic carbocycles. The summed E-state index contributed by atoms with van der Waals surface area (Å²) in [7, 11) is 3.46. The highest BCUT2D eigenvalue weighted by molar-refractivity contribution is 5.94. The Bertz CT molecular complexity index is 620. The lowest BCUT2D eigenvalue weighted by Crippen LogP contribution is -2.54. The van der Waals surface area contributed by atoms with Crippen LogP contribution in [0.15, 0.2) is 18.2 Å². The molecule has 1 aliphatic heterocycles. The maximum Gasteiger partial charge on any atom is 0.387 e. The van der Waals surface area contributed by atoms with Crippen molar-refractivity contribution in [3.05, 3.63) is 23.8 Å². The fourth-order valence-electron chi connectivity index (χ4n) is 3.25. The molecule has 0 saturated carbocycles. The van der Waals surface area contributed by atoms with Crippen LogP contribution in [0.4, 0.5) is 8.78 Å². The van der Waals surface area contributed by atoms with Gasteiger partial charge in [-0.15, -0.1) is 0 Å². The van der Waals surface area contributed by atoms with Crippen molar-refractivity contribution in [2.45, 2.75) is 26.5 Å². The van der Waals surface area contributed by atoms with Crippen LogP contribution >= 0.6 is 0 Å². The zero-order chi connectivity index (χ0) is 20.0. The Morgan fingerprint density at radius 1 is 1.19 bits per heavy atom. The second-order valence-electron chi connectivity index (χ2n) is 7.10. The Balaban J connectivity index is 2.02. The maximum atomic E-state index is 12.6. The highest BCUT2D eigenvalue weighted by Gasteiger charge is 2.25. The summed E-state index contributed by atoms with van der Waals surface area (Å²) in [6.07, 6.45) is 0. The van der Waals surface area contributed by atoms with Crippen LogP contribution in [0.2, 0.25) is 0 Å². The number of benzene rings is 1. The minimum absolute atomic E-state index is 0.153. The summed E-state index contributed by atoms with van der Waals surface area (Å²) in [5, 5.41) is 2.93. The smallest absolute Gasteiger partial charge is 0.387 e. The summed E-state index contributed by atoms with van der Waals surface area (Å²) in [6.45, 7) is 5.72. The van der Waals surface area contributed by atoms with Crippen LogP contribution in [-0.2, 0) is 0 Å². The standard InChI is InChI=1S/C19H29F2N3O3/c1-13(2)15(24-9-7-23(3)8-10-24)12-22-18(25)14-5-6-16(26-4)17(11-14)27-19(20)21/h5-6,11,13,15,19H,7-10,12H2,1-4H3,(H,22,25). The van der Waals surface area contributed by atoms with Crippen LogP contribution in [0.1, 0.15) is 24.2 Å². The molecule has 1 heterocycles. The number of amides is 1. The number of alkyl halides is 2. The van der Waals surface area contributed by atoms with Crippen LogP contribution < -0.4 is 14.8 Å². The monoisotopic (exact) mass is 385 g/mol. The van der Waals surface area contributed by atoms with E-state index in [-0.39, 0.29) is 29.0 Å². The van der Waals surface area contributed by atoms with Crippen LogP contribution in [-0.4, -0.2) is 75.2 Å². The summed E-state index contributed by atoms with van der Waals surface area (Å²) in [6, 6.07) is 4.48. The van der Waals surface area contributed by atoms with E-state index in [0.29, 0.717) is 12.5 Å². The Kier molecular flexibility index (Phi) is 7.79. The van der Waals surface area contributed by atoms with E-state index in [0.717, 1.165) is 26.2 Å². The predicted molar refractivity (Wildman–Crippen MR) is 99.7 cm³/mol. The molecular formula is C19H29F2N3O3. The van der Waals surface area contributed by atoms with E-state index in [1.165, 1.54) is 25.3 Å². The summed E-state index contributed by atoms with van der Waals surface area (Å²) < 4.78 is 34.6. The molecule has 27 heavy (non-hydrogen) atoms. The Hall–Kier alpha value is -1.93. The van der Waals surface area contributed by atoms with E-state index in [2.05, 4.69) is 40.7 Å². The molecule has 0 aromatic heterocycles. The number of rotatable bonds is 8. The Labute approximate surface area is 159 Å². The van der Waals surface area contributed by atoms with Crippen molar-refractivity contribution in [2.24, 2.45) is 5.92 Å². The lowest BCUT2D eigenvalue weighted by Gasteiger charge is -2.39. The summed E-state index contributed by atoms with van der Waals surface area (Å²) in [5.41, 5.74) is 0.257. The van der Waals surface area contributed by atoms with Crippen LogP contribution in [0.3, 0.4) is 0 Å². The number of methoxy groups -OCH3 is 1. The quantitative estimate of drug-likeness (QED) is 0.744. The van der Waals surface area contributed by atoms with Gasteiger partial charge in [0.15, 0.2) is 11.5 Å². The van der Waals surface area contributed by atoms with Crippen molar-refractivity contribution >= 4 is 5.91 Å². The summed E-state index contributed by atoms with van der Waals surface area (Å²) >= 11 is 0. The number of likely N-dealkylation sites (N-methyl/N-ethyl adjacent to an activating group) is 1. The number of ether oxygens (including phenoxy) is 2. The largest absolute Gasteiger partial charge is 0.493 e. The van der Waals surface area contributed by atoms with Crippen molar-refractivity contribution in [2.75, 3.05) is 46.9 Å². The van der Waals surface area contributed by atoms with Gasteiger partial charge >= 0.3 is 6.61 Å². The van der Waals surface area contributed by atoms with Gasteiger partial charge in [-0.05, 0) is 31.2 Å². The predicted octanol–water partition coefficient (Wildman–Crippen LogP) is 2.30. The van der Waals surface area contributed by atoms with Gasteiger partial charge in [0.1, 0.15) is 0 Å². The van der Waals surface area contributed by atoms with Crippen LogP contribution in [0, 0.1) is 5.92 Å². The molecule has 1 aliphatic rings. The van der Waals surface area contributed by atoms with Crippen molar-refractivity contribution in [3.8, 4) is 11.5 Å². The molecule has 0 radical (unpaired) electrons. The number of halogens is 2. The van der Waals surface area contributed by atoms with E-state index < -0.39 is 6.61 Å². The minimum Gasteiger partial charge on any atom is -0.493 e. The first kappa shape index (κ1) is 21.4. The van der Waals surface area contributed by atoms with Gasteiger partial charge in [-0.25, -0.2) is 0 Å². The molecule has 1 unspecified atom stereocenters. The number of piperazine rings is 1. The molecule has 1 aromatic rings. The van der Waals surface area contributed by atoms with Gasteiger partial charge in [0, 0.05) is 44.3 Å². The Morgan fingerprint density at radius 2 is 1.85 bits per heavy atom. The molecular weight excluding hydrogens is 356 g/mol. The van der Waals surface area contributed by atoms with E-state index in [1.807, 2.05) is 0 Å². The molecule has 1 atom stereocenters. The third-order valence-corrected chi connectivity index (χ3v) is 4.89. The minimum atomic E-state index is -2.99. The first-order chi connectivity index (χ1) is 12.8. The normalized spacial score (nSPS) is 17.2. The first-order valence-electron chi connectivity index (χ1n) is 9.15. The highest BCUT2D eigenvalue weighted by Crippen LogP contribution is 2.29. The molecule has 2 rings (SSSR count). The molecule has 0 aliphatic carbocycles. The molecule has 1 amide bonds. The van der Waals surface area contributed by atoms with E-state index in [4.69, 9.17) is 4.74 Å². The number of carbonyl (C=O) groups is 1. The zero-order valence-corrected chi connectivity index (χ0v) is 16.4. The number of hydrogen-bond acceptors (Lipinski definition) is 5. The van der Waals surface area contributed by atoms with Crippen molar-refractivity contribution < 1.29 is 23.0 Å². The SMILES string of the molecule is COc1ccc(C(=O)NCC(C(C)C)N2CCN(C)CC2)cc1OC(F)F. The van der Waals surface area contributed by atoms with Gasteiger partial charge < -0.3 is 19.7 Å². The van der Waals surface area contributed by atoms with Gasteiger partial charge in [0.05, 0.1) is 7.11 Å². The number of carbonyl (C=O) groups excluding carboxylic acids is 1. The van der Waals surface area contributed by atoms with Gasteiger partial charge in [0.2, 0.25) is 0 Å². The van der Waals surface area contributed by atoms with E-state index in [1.54, 1.807) is 0 Å². The van der Waals surface area contributed by atoms with Crippen LogP contribution in [0.25, 0.3) is 0 Å². The first-order valence-corrected chi connectivity index (χ1v) is 9.15. The lowest BCUT2D eigenvalue weighted by atomic mass is 10.0. The van der Waals surface area contributed by atoms with Gasteiger partial charge in [-0.3, -0.25) is 9.69 Å². The van der Waals surface area contributed by atoms with Gasteiger partial charge in [0.25, 0.3) is 5.91 Å². The Morgan fingerprint density at radius 3 is 2.41 bits per heavy atom. The fourth-order valence-corrected chi connectivity index (χ4v) is 3.25. The molecule has 1 fully saturated rings. The molecule has 8 heteroatoms. The fraction of sp³-hybridized carbons (Fsp3) is 0.632. The molecule has 0 bridgehead atoms. The molecule has 152 valence electrons. The summed E-state index contributed by atoms with van der Waals surface area (Å²) in [4.78, 5) is 17.2. The zero-order valence-electron chi connectivity index (χ0n) is 16.4. The summed E-state index contributed by atoms with van der Waals surface area (Å²) in [5.74, 6) is 0.0582. The second-order valence-corrected chi connectivity index (χ2v) is 7.10. The van der Waals surface area contributed by atoms with Crippen molar-refractivity contribution in [1.29, 1.82) is 0 Å². The van der Waals surface area contributed by atoms with Gasteiger partial charge in [-0.1, -0.05) is 13.8 Å². The maximum absolute atomic E-state index is 12.6. The van der Waals surface area contributed by atoms with Gasteiger partial charge in [-0.2, -0.15) is 8.78 Å². The lowest BCUT2D eigenvalue weighted by molar-refractivity contribution is -0.0512. The third kappa shape index (κ3) is 6.04. The number of nitrogens with one attached hydrogen (secondary N) is 1. The third-order valence-electron chi connectivity index (χ3n) is 4.89. The van der Waals surface area contributed by atoms with Crippen LogP contribution in [0.5, 0.6) is 11.5 Å². The average molecular weight is 385 g/mol. The molecule has 1 saturated heterocycles. The van der Waals surface area contributed by atoms with E-state index in [9.17, 15) is 13.6 Å². The van der Waals surface area contributed by atoms with Crippen molar-refractivity contribution in [1.82, 2.24) is 15.1 Å². The topological polar surface area (TPSA) is 54.0 Å². The second kappa shape index (κ2) is 9.85. The van der Waals surface area contributed by atoms with Crippen molar-refractivity contribution in [3.63, 3.8) is 0 Å². The van der Waals surface area contributed by atoms with E-state index >= 15 is 0 Å². The molecule has 6 nitrogen and oxygen atoms in total. The number of hydrogen-bond donors (Lipinski definition) is 1. The highest BCUT2D eigenvalue weighted by atomic mass is 19.3. The molecule has 0 spiro atoms. The molecule has 1 N–H and O–H groups in total.